The van der Waals surface area contributed by atoms with E-state index < -0.39 is 32.3 Å². The summed E-state index contributed by atoms with van der Waals surface area (Å²) >= 11 is 3.33. The molecule has 0 aliphatic heterocycles. The molecule has 10 heteroatoms. The lowest BCUT2D eigenvalue weighted by Crippen LogP contribution is -2.16. The van der Waals surface area contributed by atoms with E-state index in [1.165, 1.54) is 0 Å². The van der Waals surface area contributed by atoms with Gasteiger partial charge in [-0.2, -0.15) is 0 Å². The minimum atomic E-state index is -4.43. The molecule has 0 bridgehead atoms. The summed E-state index contributed by atoms with van der Waals surface area (Å²) in [6.07, 6.45) is 0.966. The fourth-order valence-corrected chi connectivity index (χ4v) is 3.29. The van der Waals surface area contributed by atoms with E-state index >= 15 is 0 Å². The van der Waals surface area contributed by atoms with Crippen molar-refractivity contribution >= 4 is 26.0 Å². The number of halogens is 3. The van der Waals surface area contributed by atoms with E-state index in [1.807, 2.05) is 0 Å². The topological polar surface area (TPSA) is 95.3 Å². The van der Waals surface area contributed by atoms with Crippen molar-refractivity contribution in [2.75, 3.05) is 0 Å². The van der Waals surface area contributed by atoms with Crippen molar-refractivity contribution in [2.24, 2.45) is 5.14 Å². The van der Waals surface area contributed by atoms with Crippen LogP contribution in [0.2, 0.25) is 0 Å². The molecule has 0 fully saturated rings. The fourth-order valence-electron chi connectivity index (χ4n) is 2.45. The van der Waals surface area contributed by atoms with Gasteiger partial charge in [0.25, 0.3) is 0 Å². The molecule has 0 atom stereocenters. The molecule has 0 amide bonds. The highest BCUT2D eigenvalue weighted by molar-refractivity contribution is 9.10. The van der Waals surface area contributed by atoms with Gasteiger partial charge in [-0.15, -0.1) is 0 Å². The van der Waals surface area contributed by atoms with E-state index in [2.05, 4.69) is 15.9 Å². The first-order valence-corrected chi connectivity index (χ1v) is 9.43. The van der Waals surface area contributed by atoms with Crippen molar-refractivity contribution in [2.45, 2.75) is 11.8 Å². The summed E-state index contributed by atoms with van der Waals surface area (Å²) in [6.45, 7) is 1.79. The largest absolute Gasteiger partial charge is 0.424 e. The van der Waals surface area contributed by atoms with Gasteiger partial charge in [0.1, 0.15) is 22.8 Å². The Balaban J connectivity index is 2.26. The number of nitrogens with two attached hydrogens (primary N) is 1. The van der Waals surface area contributed by atoms with Gasteiger partial charge in [-0.25, -0.2) is 31.7 Å². The Morgan fingerprint density at radius 1 is 1.15 bits per heavy atom. The van der Waals surface area contributed by atoms with E-state index in [0.717, 1.165) is 20.9 Å². The second-order valence-corrected chi connectivity index (χ2v) is 7.85. The van der Waals surface area contributed by atoms with Crippen molar-refractivity contribution in [3.8, 4) is 16.9 Å². The molecule has 26 heavy (non-hydrogen) atoms. The molecule has 3 aromatic rings. The third-order valence-electron chi connectivity index (χ3n) is 3.70. The minimum absolute atomic E-state index is 0.0749. The van der Waals surface area contributed by atoms with Gasteiger partial charge in [0.05, 0.1) is 11.4 Å². The summed E-state index contributed by atoms with van der Waals surface area (Å²) in [5.74, 6) is -3.12. The second-order valence-electron chi connectivity index (χ2n) is 5.46. The molecule has 3 rings (SSSR count). The lowest BCUT2D eigenvalue weighted by atomic mass is 10.1. The number of aromatic nitrogens is 1. The van der Waals surface area contributed by atoms with Gasteiger partial charge in [-0.05, 0) is 42.8 Å². The maximum Gasteiger partial charge on any atom is 0.424 e. The predicted octanol–water partition coefficient (Wildman–Crippen LogP) is 3.09. The van der Waals surface area contributed by atoms with Gasteiger partial charge in [0.2, 0.25) is 10.0 Å². The number of aryl methyl sites for hydroxylation is 1. The summed E-state index contributed by atoms with van der Waals surface area (Å²) in [6, 6.07) is 6.05. The van der Waals surface area contributed by atoms with Gasteiger partial charge in [-0.3, -0.25) is 0 Å². The zero-order valence-electron chi connectivity index (χ0n) is 13.2. The Labute approximate surface area is 155 Å². The van der Waals surface area contributed by atoms with Gasteiger partial charge in [0.15, 0.2) is 0 Å². The quantitative estimate of drug-likeness (QED) is 0.671. The average molecular weight is 445 g/mol. The molecular weight excluding hydrogens is 434 g/mol. The van der Waals surface area contributed by atoms with Crippen LogP contribution in [0, 0.1) is 18.6 Å². The lowest BCUT2D eigenvalue weighted by molar-refractivity contribution is 0.504. The van der Waals surface area contributed by atoms with Gasteiger partial charge < -0.3 is 4.42 Å². The number of sulfonamides is 1. The number of rotatable bonds is 3. The standard InChI is InChI=1S/C16H11BrF2N2O4S/c1-8-4-9(2-3-11(8)17)21-14(7-25-16(21)22)10-5-13(19)15(6-12(10)18)26(20,23)24/h2-7H,1H3,(H2,20,23,24). The fraction of sp³-hybridized carbons (Fsp3) is 0.0625. The van der Waals surface area contributed by atoms with Gasteiger partial charge in [0, 0.05) is 10.0 Å². The second kappa shape index (κ2) is 6.45. The molecular formula is C16H11BrF2N2O4S. The molecule has 0 aliphatic rings. The van der Waals surface area contributed by atoms with E-state index in [-0.39, 0.29) is 11.3 Å². The molecule has 0 saturated heterocycles. The van der Waals surface area contributed by atoms with Crippen LogP contribution in [0.25, 0.3) is 16.9 Å². The number of hydrogen-bond acceptors (Lipinski definition) is 4. The monoisotopic (exact) mass is 444 g/mol. The van der Waals surface area contributed by atoms with E-state index in [4.69, 9.17) is 9.56 Å². The van der Waals surface area contributed by atoms with Crippen LogP contribution < -0.4 is 10.9 Å². The Bertz CT molecular complexity index is 1190. The van der Waals surface area contributed by atoms with Crippen molar-refractivity contribution in [3.05, 3.63) is 68.8 Å². The summed E-state index contributed by atoms with van der Waals surface area (Å²) in [5, 5.41) is 4.86. The zero-order chi connectivity index (χ0) is 19.2. The number of benzene rings is 2. The number of nitrogens with zero attached hydrogens (tertiary/aromatic N) is 1. The summed E-state index contributed by atoms with van der Waals surface area (Å²) in [5.41, 5.74) is 0.753. The van der Waals surface area contributed by atoms with Crippen LogP contribution in [-0.4, -0.2) is 13.0 Å². The minimum Gasteiger partial charge on any atom is -0.415 e. The molecule has 0 unspecified atom stereocenters. The molecule has 0 aliphatic carbocycles. The van der Waals surface area contributed by atoms with Crippen molar-refractivity contribution in [1.82, 2.24) is 4.57 Å². The van der Waals surface area contributed by atoms with Crippen molar-refractivity contribution < 1.29 is 21.6 Å². The van der Waals surface area contributed by atoms with Gasteiger partial charge >= 0.3 is 5.76 Å². The molecule has 1 aromatic heterocycles. The maximum atomic E-state index is 14.4. The van der Waals surface area contributed by atoms with E-state index in [9.17, 15) is 22.0 Å². The first-order valence-electron chi connectivity index (χ1n) is 7.09. The molecule has 6 nitrogen and oxygen atoms in total. The van der Waals surface area contributed by atoms with Crippen LogP contribution in [0.4, 0.5) is 8.78 Å². The van der Waals surface area contributed by atoms with Crippen molar-refractivity contribution in [3.63, 3.8) is 0 Å². The SMILES string of the molecule is Cc1cc(-n2c(-c3cc(F)c(S(N)(=O)=O)cc3F)coc2=O)ccc1Br. The van der Waals surface area contributed by atoms with Crippen LogP contribution in [0.5, 0.6) is 0 Å². The lowest BCUT2D eigenvalue weighted by Gasteiger charge is -2.10. The normalized spacial score (nSPS) is 11.7. The first kappa shape index (κ1) is 18.5. The van der Waals surface area contributed by atoms with Crippen LogP contribution >= 0.6 is 15.9 Å². The highest BCUT2D eigenvalue weighted by atomic mass is 79.9. The maximum absolute atomic E-state index is 14.4. The highest BCUT2D eigenvalue weighted by Crippen LogP contribution is 2.29. The van der Waals surface area contributed by atoms with E-state index in [0.29, 0.717) is 17.8 Å². The number of oxazole rings is 1. The van der Waals surface area contributed by atoms with Crippen molar-refractivity contribution in [1.29, 1.82) is 0 Å². The summed E-state index contributed by atoms with van der Waals surface area (Å²) in [7, 11) is -4.43. The Hall–Kier alpha value is -2.30. The third-order valence-corrected chi connectivity index (χ3v) is 5.51. The molecule has 0 spiro atoms. The van der Waals surface area contributed by atoms with Crippen LogP contribution in [0.15, 0.2) is 55.2 Å². The zero-order valence-corrected chi connectivity index (χ0v) is 15.6. The number of hydrogen-bond donors (Lipinski definition) is 1. The van der Waals surface area contributed by atoms with Gasteiger partial charge in [-0.1, -0.05) is 15.9 Å². The third kappa shape index (κ3) is 3.22. The number of primary sulfonamides is 1. The van der Waals surface area contributed by atoms with E-state index in [1.54, 1.807) is 25.1 Å². The molecule has 2 aromatic carbocycles. The highest BCUT2D eigenvalue weighted by Gasteiger charge is 2.22. The Kier molecular flexibility index (Phi) is 4.59. The smallest absolute Gasteiger partial charge is 0.415 e. The van der Waals surface area contributed by atoms with Crippen LogP contribution in [0.3, 0.4) is 0 Å². The summed E-state index contributed by atoms with van der Waals surface area (Å²) in [4.78, 5) is 11.1. The molecule has 2 N–H and O–H groups in total. The Morgan fingerprint density at radius 2 is 1.85 bits per heavy atom. The predicted molar refractivity (Wildman–Crippen MR) is 93.5 cm³/mol. The average Bonchev–Trinajstić information content (AvgIpc) is 2.92. The molecule has 136 valence electrons. The first-order chi connectivity index (χ1) is 12.1. The summed E-state index contributed by atoms with van der Waals surface area (Å²) < 4.78 is 57.9. The Morgan fingerprint density at radius 3 is 2.46 bits per heavy atom. The van der Waals surface area contributed by atoms with Crippen LogP contribution in [-0.2, 0) is 10.0 Å². The van der Waals surface area contributed by atoms with Crippen LogP contribution in [0.1, 0.15) is 5.56 Å². The molecule has 0 radical (unpaired) electrons. The molecule has 0 saturated carbocycles. The molecule has 1 heterocycles.